The van der Waals surface area contributed by atoms with Crippen LogP contribution >= 0.6 is 0 Å². The summed E-state index contributed by atoms with van der Waals surface area (Å²) in [5, 5.41) is 3.12. The Bertz CT molecular complexity index is 1410. The fourth-order valence-electron chi connectivity index (χ4n) is 6.21. The number of ketones is 1. The quantitative estimate of drug-likeness (QED) is 0.378. The van der Waals surface area contributed by atoms with Crippen LogP contribution in [0.4, 0.5) is 0 Å². The van der Waals surface area contributed by atoms with E-state index in [9.17, 15) is 14.4 Å². The molecule has 0 radical (unpaired) electrons. The highest BCUT2D eigenvalue weighted by Crippen LogP contribution is 2.39. The summed E-state index contributed by atoms with van der Waals surface area (Å²) in [6, 6.07) is 22.5. The van der Waals surface area contributed by atoms with Crippen molar-refractivity contribution in [2.24, 2.45) is 0 Å². The molecular weight excluding hydrogens is 514 g/mol. The number of amides is 2. The number of hydrogen-bond donors (Lipinski definition) is 1. The normalized spacial score (nSPS) is 18.0. The average molecular weight is 554 g/mol. The van der Waals surface area contributed by atoms with Crippen LogP contribution in [0.3, 0.4) is 0 Å². The van der Waals surface area contributed by atoms with Gasteiger partial charge in [0.05, 0.1) is 5.92 Å². The van der Waals surface area contributed by atoms with Gasteiger partial charge in [0.15, 0.2) is 5.78 Å². The van der Waals surface area contributed by atoms with Gasteiger partial charge in [-0.2, -0.15) is 0 Å². The monoisotopic (exact) mass is 553 g/mol. The first-order chi connectivity index (χ1) is 19.7. The zero-order valence-electron chi connectivity index (χ0n) is 24.3. The van der Waals surface area contributed by atoms with Crippen LogP contribution in [0.5, 0.6) is 11.5 Å². The number of benzene rings is 3. The minimum atomic E-state index is -0.786. The van der Waals surface area contributed by atoms with Crippen molar-refractivity contribution >= 4 is 17.6 Å². The van der Waals surface area contributed by atoms with Gasteiger partial charge in [-0.15, -0.1) is 0 Å². The second kappa shape index (κ2) is 12.3. The van der Waals surface area contributed by atoms with Gasteiger partial charge in [-0.05, 0) is 75.1 Å². The fraction of sp³-hybridized carbons (Fsp3) is 0.382. The lowest BCUT2D eigenvalue weighted by molar-refractivity contribution is -0.142. The van der Waals surface area contributed by atoms with Gasteiger partial charge < -0.3 is 15.0 Å². The van der Waals surface area contributed by atoms with Crippen LogP contribution in [0.1, 0.15) is 73.1 Å². The second-order valence-corrected chi connectivity index (χ2v) is 11.4. The molecule has 2 aliphatic rings. The number of carbonyl (C=O) groups is 3. The van der Waals surface area contributed by atoms with Crippen LogP contribution in [0, 0.1) is 0 Å². The molecule has 1 N–H and O–H groups in total. The number of para-hydroxylation sites is 1. The van der Waals surface area contributed by atoms with E-state index in [1.54, 1.807) is 11.0 Å². The zero-order valence-corrected chi connectivity index (χ0v) is 24.3. The van der Waals surface area contributed by atoms with Crippen molar-refractivity contribution in [1.82, 2.24) is 15.1 Å². The van der Waals surface area contributed by atoms with E-state index in [0.29, 0.717) is 49.5 Å². The van der Waals surface area contributed by atoms with Gasteiger partial charge in [0, 0.05) is 43.7 Å². The number of carbonyl (C=O) groups excluding carboxylic acids is 3. The van der Waals surface area contributed by atoms with Crippen LogP contribution in [0.2, 0.25) is 0 Å². The summed E-state index contributed by atoms with van der Waals surface area (Å²) < 4.78 is 6.06. The van der Waals surface area contributed by atoms with E-state index in [4.69, 9.17) is 4.74 Å². The number of nitrogens with zero attached hydrogens (tertiary/aromatic N) is 2. The molecule has 3 aromatic carbocycles. The molecule has 41 heavy (non-hydrogen) atoms. The summed E-state index contributed by atoms with van der Waals surface area (Å²) >= 11 is 0. The fourth-order valence-corrected chi connectivity index (χ4v) is 6.21. The van der Waals surface area contributed by atoms with Crippen molar-refractivity contribution in [2.45, 2.75) is 64.6 Å². The lowest BCUT2D eigenvalue weighted by atomic mass is 9.89. The Morgan fingerprint density at radius 3 is 2.37 bits per heavy atom. The second-order valence-electron chi connectivity index (χ2n) is 11.4. The largest absolute Gasteiger partial charge is 0.457 e. The third-order valence-corrected chi connectivity index (χ3v) is 8.17. The van der Waals surface area contributed by atoms with Crippen LogP contribution in [-0.4, -0.2) is 59.1 Å². The molecule has 1 aliphatic heterocycles. The molecule has 0 saturated heterocycles. The summed E-state index contributed by atoms with van der Waals surface area (Å²) in [5.74, 6) is 0.439. The molecule has 0 fully saturated rings. The maximum atomic E-state index is 14.1. The first-order valence-electron chi connectivity index (χ1n) is 14.6. The Hall–Kier alpha value is -3.97. The number of ether oxygens (including phenoxy) is 1. The molecule has 7 heteroatoms. The van der Waals surface area contributed by atoms with E-state index in [1.807, 2.05) is 66.7 Å². The first-order valence-corrected chi connectivity index (χ1v) is 14.6. The number of Topliss-reactive ketones (excluding diaryl/α,β-unsaturated/α-hetero) is 1. The molecule has 2 unspecified atom stereocenters. The van der Waals surface area contributed by atoms with Gasteiger partial charge in [0.1, 0.15) is 17.5 Å². The number of nitrogens with one attached hydrogen (secondary N) is 1. The first kappa shape index (κ1) is 28.6. The summed E-state index contributed by atoms with van der Waals surface area (Å²) in [6.07, 6.45) is 0.727. The molecule has 214 valence electrons. The Balaban J connectivity index is 1.42. The van der Waals surface area contributed by atoms with Crippen LogP contribution < -0.4 is 10.1 Å². The molecule has 2 atom stereocenters. The lowest BCUT2D eigenvalue weighted by Crippen LogP contribution is -2.50. The highest BCUT2D eigenvalue weighted by Gasteiger charge is 2.42. The SMILES string of the molecule is CC(C)N(CCNC(=O)C1c2ccc(Oc3ccccc3)cc2CCN1C(=O)C1CC(=O)c2ccccc21)C(C)C. The Labute approximate surface area is 242 Å². The number of rotatable bonds is 9. The summed E-state index contributed by atoms with van der Waals surface area (Å²) in [6.45, 7) is 10.2. The topological polar surface area (TPSA) is 79.0 Å². The molecule has 3 aromatic rings. The Kier molecular flexibility index (Phi) is 8.54. The number of hydrogen-bond acceptors (Lipinski definition) is 5. The third-order valence-electron chi connectivity index (χ3n) is 8.17. The highest BCUT2D eigenvalue weighted by atomic mass is 16.5. The number of fused-ring (bicyclic) bond motifs is 2. The molecule has 0 saturated carbocycles. The van der Waals surface area contributed by atoms with E-state index >= 15 is 0 Å². The predicted octanol–water partition coefficient (Wildman–Crippen LogP) is 5.51. The molecular formula is C34H39N3O4. The van der Waals surface area contributed by atoms with Gasteiger partial charge in [-0.1, -0.05) is 48.5 Å². The third kappa shape index (κ3) is 6.05. The van der Waals surface area contributed by atoms with E-state index in [0.717, 1.165) is 22.4 Å². The zero-order chi connectivity index (χ0) is 29.1. The van der Waals surface area contributed by atoms with E-state index in [-0.39, 0.29) is 24.0 Å². The predicted molar refractivity (Wildman–Crippen MR) is 159 cm³/mol. The molecule has 2 amide bonds. The lowest BCUT2D eigenvalue weighted by Gasteiger charge is -2.38. The minimum Gasteiger partial charge on any atom is -0.457 e. The minimum absolute atomic E-state index is 0.0254. The van der Waals surface area contributed by atoms with Crippen LogP contribution in [0.15, 0.2) is 72.8 Å². The van der Waals surface area contributed by atoms with Crippen molar-refractivity contribution in [1.29, 1.82) is 0 Å². The van der Waals surface area contributed by atoms with E-state index in [1.165, 1.54) is 0 Å². The van der Waals surface area contributed by atoms with Crippen LogP contribution in [-0.2, 0) is 16.0 Å². The van der Waals surface area contributed by atoms with Gasteiger partial charge in [0.2, 0.25) is 11.8 Å². The highest BCUT2D eigenvalue weighted by molar-refractivity contribution is 6.07. The molecule has 1 heterocycles. The Morgan fingerprint density at radius 2 is 1.63 bits per heavy atom. The van der Waals surface area contributed by atoms with Gasteiger partial charge >= 0.3 is 0 Å². The molecule has 5 rings (SSSR count). The van der Waals surface area contributed by atoms with Gasteiger partial charge in [0.25, 0.3) is 0 Å². The van der Waals surface area contributed by atoms with E-state index in [2.05, 4.69) is 37.9 Å². The average Bonchev–Trinajstić information content (AvgIpc) is 3.30. The van der Waals surface area contributed by atoms with Crippen molar-refractivity contribution in [3.63, 3.8) is 0 Å². The van der Waals surface area contributed by atoms with Crippen molar-refractivity contribution in [3.05, 3.63) is 95.1 Å². The summed E-state index contributed by atoms with van der Waals surface area (Å²) in [7, 11) is 0. The van der Waals surface area contributed by atoms with Gasteiger partial charge in [-0.3, -0.25) is 19.3 Å². The molecule has 0 bridgehead atoms. The maximum Gasteiger partial charge on any atom is 0.247 e. The van der Waals surface area contributed by atoms with E-state index < -0.39 is 12.0 Å². The molecule has 7 nitrogen and oxygen atoms in total. The smallest absolute Gasteiger partial charge is 0.247 e. The molecule has 0 spiro atoms. The molecule has 1 aliphatic carbocycles. The maximum absolute atomic E-state index is 14.1. The van der Waals surface area contributed by atoms with Gasteiger partial charge in [-0.25, -0.2) is 0 Å². The van der Waals surface area contributed by atoms with Crippen molar-refractivity contribution in [3.8, 4) is 11.5 Å². The Morgan fingerprint density at radius 1 is 0.927 bits per heavy atom. The van der Waals surface area contributed by atoms with Crippen molar-refractivity contribution in [2.75, 3.05) is 19.6 Å². The standard InChI is InChI=1S/C34H39N3O4/c1-22(2)36(23(3)4)19-17-35-33(39)32-27-15-14-26(41-25-10-6-5-7-11-25)20-24(27)16-18-37(32)34(40)30-21-31(38)29-13-9-8-12-28(29)30/h5-15,20,22-23,30,32H,16-19,21H2,1-4H3,(H,35,39). The van der Waals surface area contributed by atoms with Crippen molar-refractivity contribution < 1.29 is 19.1 Å². The van der Waals surface area contributed by atoms with Crippen LogP contribution in [0.25, 0.3) is 0 Å². The molecule has 0 aromatic heterocycles. The summed E-state index contributed by atoms with van der Waals surface area (Å²) in [5.41, 5.74) is 3.14. The summed E-state index contributed by atoms with van der Waals surface area (Å²) in [4.78, 5) is 44.7.